The Hall–Kier alpha value is 2.37. The molecule has 0 spiro atoms. The van der Waals surface area contributed by atoms with E-state index in [-0.39, 0.29) is 38.1 Å². The predicted molar refractivity (Wildman–Crippen MR) is 19.6 cm³/mol. The van der Waals surface area contributed by atoms with Crippen LogP contribution in [0.2, 0.25) is 0 Å². The largest absolute Gasteiger partial charge is 0 e. The van der Waals surface area contributed by atoms with Gasteiger partial charge in [0, 0.05) is 38.1 Å². The van der Waals surface area contributed by atoms with Crippen LogP contribution < -0.4 is 0 Å². The maximum atomic E-state index is 2.67. The summed E-state index contributed by atoms with van der Waals surface area (Å²) in [5, 5.41) is 0. The molecule has 0 heterocycles. The van der Waals surface area contributed by atoms with Gasteiger partial charge in [-0.05, 0) is 0 Å². The third kappa shape index (κ3) is 21.6. The van der Waals surface area contributed by atoms with E-state index in [9.17, 15) is 0 Å². The molecule has 0 aromatic heterocycles. The SMILES string of the molecule is [Cu].[SiH3][Mn][PH2].[W]. The molecule has 1 unspecified atom stereocenters. The molecule has 0 nitrogen and oxygen atoms in total. The van der Waals surface area contributed by atoms with Crippen molar-refractivity contribution in [1.82, 2.24) is 0 Å². The summed E-state index contributed by atoms with van der Waals surface area (Å²) in [4.78, 5) is 0. The van der Waals surface area contributed by atoms with Gasteiger partial charge in [0.05, 0.1) is 0 Å². The summed E-state index contributed by atoms with van der Waals surface area (Å²) >= 11 is 1.12. The van der Waals surface area contributed by atoms with Crippen LogP contribution in [-0.4, -0.2) is 8.85 Å². The summed E-state index contributed by atoms with van der Waals surface area (Å²) in [5.41, 5.74) is 0. The summed E-state index contributed by atoms with van der Waals surface area (Å²) in [5.74, 6) is 0. The van der Waals surface area contributed by atoms with E-state index in [1.165, 1.54) is 8.85 Å². The van der Waals surface area contributed by atoms with Gasteiger partial charge in [-0.3, -0.25) is 0 Å². The molecule has 0 aliphatic heterocycles. The van der Waals surface area contributed by atoms with Gasteiger partial charge in [0.2, 0.25) is 0 Å². The molecule has 0 aliphatic rings. The molecule has 0 rings (SSSR count). The second kappa shape index (κ2) is 16.2. The van der Waals surface area contributed by atoms with E-state index in [1.54, 1.807) is 0 Å². The van der Waals surface area contributed by atoms with Crippen molar-refractivity contribution in [2.45, 2.75) is 0 Å². The summed E-state index contributed by atoms with van der Waals surface area (Å²) in [6.45, 7) is 0. The van der Waals surface area contributed by atoms with Crippen LogP contribution in [0, 0.1) is 0 Å². The second-order valence-corrected chi connectivity index (χ2v) is 8.10. The van der Waals surface area contributed by atoms with Crippen LogP contribution >= 0.6 is 7.93 Å². The monoisotopic (exact) mass is 366 g/mol. The van der Waals surface area contributed by atoms with Crippen molar-refractivity contribution >= 4 is 16.8 Å². The first kappa shape index (κ1) is 15.7. The van der Waals surface area contributed by atoms with Crippen molar-refractivity contribution in [3.8, 4) is 0 Å². The van der Waals surface area contributed by atoms with Crippen molar-refractivity contribution in [1.29, 1.82) is 0 Å². The van der Waals surface area contributed by atoms with Gasteiger partial charge in [-0.15, -0.1) is 0 Å². The van der Waals surface area contributed by atoms with Gasteiger partial charge in [0.15, 0.2) is 0 Å². The molecular weight excluding hydrogens is 361 g/mol. The van der Waals surface area contributed by atoms with Gasteiger partial charge in [-0.25, -0.2) is 0 Å². The van der Waals surface area contributed by atoms with Crippen molar-refractivity contribution in [3.63, 3.8) is 0 Å². The molecule has 0 fully saturated rings. The summed E-state index contributed by atoms with van der Waals surface area (Å²) in [7, 11) is 4.03. The van der Waals surface area contributed by atoms with Crippen molar-refractivity contribution in [2.75, 3.05) is 0 Å². The zero-order valence-electron chi connectivity index (χ0n) is 2.67. The fraction of sp³-hybridized carbons (Fsp3) is 0. The van der Waals surface area contributed by atoms with Crippen molar-refractivity contribution < 1.29 is 52.0 Å². The molecule has 0 saturated heterocycles. The molecule has 0 saturated carbocycles. The minimum atomic E-state index is 0. The number of hydrogen-bond acceptors (Lipinski definition) is 0. The molecule has 0 aromatic carbocycles. The third-order valence-electron chi connectivity index (χ3n) is 0. The molecular formula is H5CuMnPSiW. The fourth-order valence-electron chi connectivity index (χ4n) is 0. The van der Waals surface area contributed by atoms with Crippen LogP contribution in [-0.2, 0) is 52.0 Å². The van der Waals surface area contributed by atoms with Crippen LogP contribution in [0.3, 0.4) is 0 Å². The molecule has 0 N–H and O–H groups in total. The first-order chi connectivity index (χ1) is 1.41. The molecule has 1 atom stereocenters. The first-order valence-electron chi connectivity index (χ1n) is 0.596. The van der Waals surface area contributed by atoms with Gasteiger partial charge < -0.3 is 0 Å². The zero-order valence-corrected chi connectivity index (χ0v) is 10.9. The van der Waals surface area contributed by atoms with Gasteiger partial charge in [0.25, 0.3) is 0 Å². The topological polar surface area (TPSA) is 0 Å². The smallest absolute Gasteiger partial charge is 0 e. The van der Waals surface area contributed by atoms with Gasteiger partial charge in [-0.2, -0.15) is 0 Å². The van der Waals surface area contributed by atoms with E-state index in [1.807, 2.05) is 0 Å². The Morgan fingerprint density at radius 2 is 1.60 bits per heavy atom. The Labute approximate surface area is 68.2 Å². The molecule has 0 bridgehead atoms. The molecule has 5 heavy (non-hydrogen) atoms. The van der Waals surface area contributed by atoms with Gasteiger partial charge >= 0.3 is 30.7 Å². The standard InChI is InChI=1S/Cu.Mn.H2P.H3Si.W/h;;1H2;1H3;/q;+1;-1;;. The number of rotatable bonds is 0. The molecule has 0 aliphatic carbocycles. The molecule has 0 aromatic rings. The summed E-state index contributed by atoms with van der Waals surface area (Å²) in [6.07, 6.45) is 0. The van der Waals surface area contributed by atoms with Crippen LogP contribution in [0.5, 0.6) is 0 Å². The fourth-order valence-corrected chi connectivity index (χ4v) is 0. The average Bonchev–Trinajstić information content (AvgIpc) is 0.918. The van der Waals surface area contributed by atoms with Crippen LogP contribution in [0.4, 0.5) is 0 Å². The number of hydrogen-bond donors (Lipinski definition) is 0. The second-order valence-electron chi connectivity index (χ2n) is 0.218. The Morgan fingerprint density at radius 1 is 1.60 bits per heavy atom. The minimum Gasteiger partial charge on any atom is 0 e. The predicted octanol–water partition coefficient (Wildman–Crippen LogP) is -0.866. The summed E-state index contributed by atoms with van der Waals surface area (Å²) < 4.78 is 0. The Morgan fingerprint density at radius 3 is 1.60 bits per heavy atom. The van der Waals surface area contributed by atoms with E-state index in [0.717, 1.165) is 13.9 Å². The Balaban J connectivity index is -0.0000000200. The Kier molecular flexibility index (Phi) is 50.6. The molecule has 0 amide bonds. The van der Waals surface area contributed by atoms with Crippen LogP contribution in [0.25, 0.3) is 0 Å². The van der Waals surface area contributed by atoms with E-state index < -0.39 is 0 Å². The zero-order chi connectivity index (χ0) is 2.71. The minimum absolute atomic E-state index is 0. The first-order valence-corrected chi connectivity index (χ1v) is 7.37. The van der Waals surface area contributed by atoms with Gasteiger partial charge in [0.1, 0.15) is 0 Å². The quantitative estimate of drug-likeness (QED) is 0.387. The maximum absolute atomic E-state index is 2.67. The van der Waals surface area contributed by atoms with E-state index in [2.05, 4.69) is 7.93 Å². The van der Waals surface area contributed by atoms with Crippen LogP contribution in [0.15, 0.2) is 0 Å². The molecule has 5 heteroatoms. The van der Waals surface area contributed by atoms with Crippen molar-refractivity contribution in [3.05, 3.63) is 0 Å². The average molecular weight is 366 g/mol. The normalized spacial score (nSPS) is 4.20. The van der Waals surface area contributed by atoms with E-state index in [4.69, 9.17) is 0 Å². The third-order valence-corrected chi connectivity index (χ3v) is 0. The van der Waals surface area contributed by atoms with Gasteiger partial charge in [-0.1, -0.05) is 0 Å². The van der Waals surface area contributed by atoms with Crippen LogP contribution in [0.1, 0.15) is 0 Å². The Bertz CT molecular complexity index is 11.6. The van der Waals surface area contributed by atoms with Crippen molar-refractivity contribution in [2.24, 2.45) is 0 Å². The van der Waals surface area contributed by atoms with E-state index in [0.29, 0.717) is 0 Å². The molecule has 38 valence electrons. The van der Waals surface area contributed by atoms with E-state index >= 15 is 0 Å². The maximum Gasteiger partial charge on any atom is 0 e. The molecule has 1 radical (unpaired) electrons. The summed E-state index contributed by atoms with van der Waals surface area (Å²) in [6, 6.07) is 0.